The second kappa shape index (κ2) is 6.48. The summed E-state index contributed by atoms with van der Waals surface area (Å²) in [7, 11) is 0. The Morgan fingerprint density at radius 2 is 1.94 bits per heavy atom. The summed E-state index contributed by atoms with van der Waals surface area (Å²) in [5.41, 5.74) is 4.80. The zero-order valence-electron chi connectivity index (χ0n) is 10.6. The predicted octanol–water partition coefficient (Wildman–Crippen LogP) is 0.145. The van der Waals surface area contributed by atoms with Crippen LogP contribution >= 0.6 is 0 Å². The Bertz CT molecular complexity index is 252. The van der Waals surface area contributed by atoms with E-state index in [1.165, 1.54) is 0 Å². The Kier molecular flexibility index (Phi) is 6.03. The van der Waals surface area contributed by atoms with E-state index in [1.807, 2.05) is 20.8 Å². The molecule has 0 aromatic heterocycles. The lowest BCUT2D eigenvalue weighted by Crippen LogP contribution is -2.51. The van der Waals surface area contributed by atoms with Gasteiger partial charge in [0.05, 0.1) is 6.04 Å². The molecule has 0 heterocycles. The summed E-state index contributed by atoms with van der Waals surface area (Å²) in [5.74, 6) is -0.426. The van der Waals surface area contributed by atoms with Gasteiger partial charge in [-0.1, -0.05) is 6.92 Å². The molecule has 5 heteroatoms. The minimum absolute atomic E-state index is 0.0590. The van der Waals surface area contributed by atoms with E-state index in [0.29, 0.717) is 6.54 Å². The molecule has 0 fully saturated rings. The third kappa shape index (κ3) is 6.40. The summed E-state index contributed by atoms with van der Waals surface area (Å²) < 4.78 is 0. The van der Waals surface area contributed by atoms with Gasteiger partial charge in [-0.25, -0.2) is 0 Å². The summed E-state index contributed by atoms with van der Waals surface area (Å²) in [4.78, 5) is 22.2. The molecule has 0 spiro atoms. The third-order valence-electron chi connectivity index (χ3n) is 2.56. The molecule has 0 aromatic rings. The van der Waals surface area contributed by atoms with Crippen molar-refractivity contribution < 1.29 is 9.59 Å². The number of rotatable bonds is 7. The van der Waals surface area contributed by atoms with Crippen LogP contribution in [0.5, 0.6) is 0 Å². The molecule has 0 aliphatic heterocycles. The molecule has 0 radical (unpaired) electrons. The normalized spacial score (nSPS) is 13.2. The van der Waals surface area contributed by atoms with Crippen molar-refractivity contribution in [2.45, 2.75) is 52.1 Å². The fourth-order valence-corrected chi connectivity index (χ4v) is 1.03. The van der Waals surface area contributed by atoms with Crippen LogP contribution < -0.4 is 16.4 Å². The molecule has 1 atom stereocenters. The van der Waals surface area contributed by atoms with Crippen molar-refractivity contribution in [2.75, 3.05) is 6.54 Å². The van der Waals surface area contributed by atoms with Gasteiger partial charge in [-0.3, -0.25) is 9.59 Å². The monoisotopic (exact) mass is 229 g/mol. The second-order valence-electron chi connectivity index (χ2n) is 4.62. The van der Waals surface area contributed by atoms with E-state index in [0.717, 1.165) is 6.42 Å². The maximum absolute atomic E-state index is 11.7. The van der Waals surface area contributed by atoms with Gasteiger partial charge in [0.15, 0.2) is 0 Å². The Hall–Kier alpha value is -1.10. The van der Waals surface area contributed by atoms with Gasteiger partial charge in [-0.05, 0) is 27.2 Å². The highest BCUT2D eigenvalue weighted by Crippen LogP contribution is 2.06. The fraction of sp³-hybridized carbons (Fsp3) is 0.818. The summed E-state index contributed by atoms with van der Waals surface area (Å²) in [6, 6.07) is -0.315. The number of amides is 2. The molecule has 1 unspecified atom stereocenters. The highest BCUT2D eigenvalue weighted by Gasteiger charge is 2.21. The van der Waals surface area contributed by atoms with Crippen LogP contribution in [-0.4, -0.2) is 29.9 Å². The lowest BCUT2D eigenvalue weighted by molar-refractivity contribution is -0.124. The van der Waals surface area contributed by atoms with Gasteiger partial charge in [0.1, 0.15) is 0 Å². The van der Waals surface area contributed by atoms with E-state index in [9.17, 15) is 9.59 Å². The minimum atomic E-state index is -0.367. The molecule has 0 rings (SSSR count). The van der Waals surface area contributed by atoms with E-state index < -0.39 is 0 Å². The van der Waals surface area contributed by atoms with Gasteiger partial charge in [-0.15, -0.1) is 0 Å². The fourth-order valence-electron chi connectivity index (χ4n) is 1.03. The van der Waals surface area contributed by atoms with E-state index in [4.69, 9.17) is 5.73 Å². The number of carbonyl (C=O) groups excluding carboxylic acids is 2. The van der Waals surface area contributed by atoms with Crippen molar-refractivity contribution in [3.05, 3.63) is 0 Å². The first-order valence-corrected chi connectivity index (χ1v) is 5.62. The summed E-state index contributed by atoms with van der Waals surface area (Å²) >= 11 is 0. The van der Waals surface area contributed by atoms with E-state index >= 15 is 0 Å². The van der Waals surface area contributed by atoms with Crippen LogP contribution in [0.2, 0.25) is 0 Å². The van der Waals surface area contributed by atoms with E-state index in [2.05, 4.69) is 10.6 Å². The third-order valence-corrected chi connectivity index (χ3v) is 2.56. The van der Waals surface area contributed by atoms with Crippen molar-refractivity contribution in [3.63, 3.8) is 0 Å². The van der Waals surface area contributed by atoms with Crippen LogP contribution in [0.25, 0.3) is 0 Å². The molecule has 0 saturated heterocycles. The zero-order chi connectivity index (χ0) is 12.8. The van der Waals surface area contributed by atoms with E-state index in [-0.39, 0.29) is 29.8 Å². The Morgan fingerprint density at radius 3 is 2.38 bits per heavy atom. The van der Waals surface area contributed by atoms with E-state index in [1.54, 1.807) is 6.92 Å². The highest BCUT2D eigenvalue weighted by molar-refractivity contribution is 5.82. The van der Waals surface area contributed by atoms with Gasteiger partial charge in [0.2, 0.25) is 11.8 Å². The van der Waals surface area contributed by atoms with Crippen LogP contribution in [0.3, 0.4) is 0 Å². The van der Waals surface area contributed by atoms with Crippen LogP contribution in [0, 0.1) is 0 Å². The van der Waals surface area contributed by atoms with Crippen LogP contribution in [0.15, 0.2) is 0 Å². The first-order valence-electron chi connectivity index (χ1n) is 5.62. The average Bonchev–Trinajstić information content (AvgIpc) is 2.16. The molecule has 94 valence electrons. The standard InChI is InChI=1S/C11H23N3O2/c1-5-11(3,4)14-10(16)8(2)13-7-6-9(12)15/h8,13H,5-7H2,1-4H3,(H2,12,15)(H,14,16). The number of hydrogen-bond donors (Lipinski definition) is 3. The molecule has 0 saturated carbocycles. The van der Waals surface area contributed by atoms with Crippen molar-refractivity contribution in [3.8, 4) is 0 Å². The minimum Gasteiger partial charge on any atom is -0.370 e. The number of primary amides is 1. The maximum atomic E-state index is 11.7. The molecule has 0 aliphatic rings. The first kappa shape index (κ1) is 14.9. The Morgan fingerprint density at radius 1 is 1.38 bits per heavy atom. The topological polar surface area (TPSA) is 84.2 Å². The smallest absolute Gasteiger partial charge is 0.237 e. The highest BCUT2D eigenvalue weighted by atomic mass is 16.2. The summed E-state index contributed by atoms with van der Waals surface area (Å²) in [6.07, 6.45) is 1.11. The predicted molar refractivity (Wildman–Crippen MR) is 63.8 cm³/mol. The maximum Gasteiger partial charge on any atom is 0.237 e. The second-order valence-corrected chi connectivity index (χ2v) is 4.62. The lowest BCUT2D eigenvalue weighted by Gasteiger charge is -2.26. The van der Waals surface area contributed by atoms with Crippen molar-refractivity contribution in [1.82, 2.24) is 10.6 Å². The van der Waals surface area contributed by atoms with Crippen LogP contribution in [-0.2, 0) is 9.59 Å². The Labute approximate surface area is 97.2 Å². The molecule has 16 heavy (non-hydrogen) atoms. The first-order chi connectivity index (χ1) is 7.28. The molecular weight excluding hydrogens is 206 g/mol. The van der Waals surface area contributed by atoms with Gasteiger partial charge >= 0.3 is 0 Å². The average molecular weight is 229 g/mol. The van der Waals surface area contributed by atoms with Gasteiger partial charge in [0.25, 0.3) is 0 Å². The largest absolute Gasteiger partial charge is 0.370 e. The molecule has 5 nitrogen and oxygen atoms in total. The van der Waals surface area contributed by atoms with Gasteiger partial charge < -0.3 is 16.4 Å². The number of nitrogens with one attached hydrogen (secondary N) is 2. The molecule has 4 N–H and O–H groups in total. The molecular formula is C11H23N3O2. The van der Waals surface area contributed by atoms with Crippen molar-refractivity contribution in [1.29, 1.82) is 0 Å². The quantitative estimate of drug-likeness (QED) is 0.581. The molecule has 0 bridgehead atoms. The van der Waals surface area contributed by atoms with Crippen LogP contribution in [0.4, 0.5) is 0 Å². The summed E-state index contributed by atoms with van der Waals surface area (Å²) in [5, 5.41) is 5.87. The molecule has 2 amide bonds. The SMILES string of the molecule is CCC(C)(C)NC(=O)C(C)NCCC(N)=O. The number of carbonyl (C=O) groups is 2. The number of hydrogen-bond acceptors (Lipinski definition) is 3. The zero-order valence-corrected chi connectivity index (χ0v) is 10.6. The number of nitrogens with two attached hydrogens (primary N) is 1. The van der Waals surface area contributed by atoms with Crippen molar-refractivity contribution >= 4 is 11.8 Å². The van der Waals surface area contributed by atoms with Crippen LogP contribution in [0.1, 0.15) is 40.5 Å². The summed E-state index contributed by atoms with van der Waals surface area (Å²) in [6.45, 7) is 8.16. The lowest BCUT2D eigenvalue weighted by atomic mass is 10.0. The van der Waals surface area contributed by atoms with Crippen molar-refractivity contribution in [2.24, 2.45) is 5.73 Å². The van der Waals surface area contributed by atoms with Gasteiger partial charge in [0, 0.05) is 18.5 Å². The molecule has 0 aromatic carbocycles. The molecule has 0 aliphatic carbocycles. The van der Waals surface area contributed by atoms with Gasteiger partial charge in [-0.2, -0.15) is 0 Å². The Balaban J connectivity index is 3.95.